The summed E-state index contributed by atoms with van der Waals surface area (Å²) in [5.74, 6) is -0.872. The highest BCUT2D eigenvalue weighted by Gasteiger charge is 2.26. The standard InChI is InChI=1S/C7H12N2O2/c1-5-8(2)4-6(7(10)11)9(5)3/h4-5H,1-3H3,(H,10,11). The van der Waals surface area contributed by atoms with Gasteiger partial charge in [0.1, 0.15) is 5.70 Å². The minimum atomic E-state index is -0.872. The zero-order chi connectivity index (χ0) is 8.59. The molecule has 1 heterocycles. The van der Waals surface area contributed by atoms with E-state index in [1.807, 2.05) is 18.9 Å². The van der Waals surface area contributed by atoms with Crippen LogP contribution in [0.25, 0.3) is 0 Å². The smallest absolute Gasteiger partial charge is 0.353 e. The molecule has 4 heteroatoms. The van der Waals surface area contributed by atoms with Crippen molar-refractivity contribution in [3.63, 3.8) is 0 Å². The van der Waals surface area contributed by atoms with Gasteiger partial charge in [-0.05, 0) is 6.92 Å². The van der Waals surface area contributed by atoms with Gasteiger partial charge in [0.2, 0.25) is 0 Å². The van der Waals surface area contributed by atoms with Gasteiger partial charge in [0.15, 0.2) is 0 Å². The highest BCUT2D eigenvalue weighted by atomic mass is 16.4. The zero-order valence-electron chi connectivity index (χ0n) is 6.90. The third kappa shape index (κ3) is 1.15. The van der Waals surface area contributed by atoms with E-state index in [0.717, 1.165) is 0 Å². The second-order valence-corrected chi connectivity index (χ2v) is 2.73. The lowest BCUT2D eigenvalue weighted by Gasteiger charge is -2.23. The fourth-order valence-electron chi connectivity index (χ4n) is 1.07. The van der Waals surface area contributed by atoms with Crippen LogP contribution in [0.4, 0.5) is 0 Å². The van der Waals surface area contributed by atoms with Crippen LogP contribution in [0.2, 0.25) is 0 Å². The monoisotopic (exact) mass is 156 g/mol. The first-order valence-electron chi connectivity index (χ1n) is 3.44. The summed E-state index contributed by atoms with van der Waals surface area (Å²) < 4.78 is 0. The molecule has 1 aliphatic rings. The van der Waals surface area contributed by atoms with E-state index in [9.17, 15) is 4.79 Å². The highest BCUT2D eigenvalue weighted by Crippen LogP contribution is 2.18. The number of carboxylic acids is 1. The summed E-state index contributed by atoms with van der Waals surface area (Å²) in [6, 6.07) is 0. The fraction of sp³-hybridized carbons (Fsp3) is 0.571. The van der Waals surface area contributed by atoms with Gasteiger partial charge in [-0.1, -0.05) is 0 Å². The van der Waals surface area contributed by atoms with Crippen molar-refractivity contribution in [3.8, 4) is 0 Å². The van der Waals surface area contributed by atoms with E-state index in [1.165, 1.54) is 0 Å². The van der Waals surface area contributed by atoms with Crippen molar-refractivity contribution in [2.75, 3.05) is 14.1 Å². The summed E-state index contributed by atoms with van der Waals surface area (Å²) in [5.41, 5.74) is 0.347. The quantitative estimate of drug-likeness (QED) is 0.586. The number of nitrogens with zero attached hydrogens (tertiary/aromatic N) is 2. The molecule has 0 aromatic carbocycles. The molecule has 1 aliphatic heterocycles. The average Bonchev–Trinajstić information content (AvgIpc) is 2.17. The van der Waals surface area contributed by atoms with Gasteiger partial charge in [-0.2, -0.15) is 0 Å². The molecular weight excluding hydrogens is 144 g/mol. The Bertz CT molecular complexity index is 212. The van der Waals surface area contributed by atoms with E-state index in [0.29, 0.717) is 5.70 Å². The van der Waals surface area contributed by atoms with Crippen LogP contribution in [0.5, 0.6) is 0 Å². The Morgan fingerprint density at radius 3 is 2.36 bits per heavy atom. The van der Waals surface area contributed by atoms with Crippen LogP contribution in [0.3, 0.4) is 0 Å². The van der Waals surface area contributed by atoms with Crippen molar-refractivity contribution in [2.45, 2.75) is 13.1 Å². The number of hydrogen-bond donors (Lipinski definition) is 1. The summed E-state index contributed by atoms with van der Waals surface area (Å²) in [7, 11) is 3.63. The predicted octanol–water partition coefficient (Wildman–Crippen LogP) is 0.136. The largest absolute Gasteiger partial charge is 0.477 e. The maximum atomic E-state index is 10.6. The molecule has 11 heavy (non-hydrogen) atoms. The van der Waals surface area contributed by atoms with Gasteiger partial charge in [0.25, 0.3) is 0 Å². The molecule has 0 aromatic heterocycles. The molecule has 1 rings (SSSR count). The van der Waals surface area contributed by atoms with Gasteiger partial charge in [-0.3, -0.25) is 0 Å². The van der Waals surface area contributed by atoms with Gasteiger partial charge in [-0.25, -0.2) is 4.79 Å². The Labute approximate surface area is 65.7 Å². The van der Waals surface area contributed by atoms with Crippen LogP contribution >= 0.6 is 0 Å². The van der Waals surface area contributed by atoms with Crippen molar-refractivity contribution in [1.29, 1.82) is 0 Å². The van der Waals surface area contributed by atoms with Crippen molar-refractivity contribution in [1.82, 2.24) is 9.80 Å². The molecule has 1 unspecified atom stereocenters. The van der Waals surface area contributed by atoms with Gasteiger partial charge in [-0.15, -0.1) is 0 Å². The van der Waals surface area contributed by atoms with Crippen LogP contribution in [0.1, 0.15) is 6.92 Å². The molecule has 62 valence electrons. The van der Waals surface area contributed by atoms with Crippen LogP contribution in [-0.4, -0.2) is 41.1 Å². The number of likely N-dealkylation sites (N-methyl/N-ethyl adjacent to an activating group) is 1. The number of aliphatic carboxylic acids is 1. The summed E-state index contributed by atoms with van der Waals surface area (Å²) in [5, 5.41) is 8.68. The molecule has 0 spiro atoms. The maximum Gasteiger partial charge on any atom is 0.353 e. The summed E-state index contributed by atoms with van der Waals surface area (Å²) in [6.45, 7) is 1.95. The van der Waals surface area contributed by atoms with E-state index in [-0.39, 0.29) is 6.17 Å². The van der Waals surface area contributed by atoms with E-state index >= 15 is 0 Å². The number of carbonyl (C=O) groups is 1. The topological polar surface area (TPSA) is 43.8 Å². The predicted molar refractivity (Wildman–Crippen MR) is 40.7 cm³/mol. The zero-order valence-corrected chi connectivity index (χ0v) is 6.90. The molecule has 0 radical (unpaired) electrons. The molecule has 1 atom stereocenters. The third-order valence-electron chi connectivity index (χ3n) is 2.07. The summed E-state index contributed by atoms with van der Waals surface area (Å²) in [6.07, 6.45) is 1.77. The van der Waals surface area contributed by atoms with E-state index in [1.54, 1.807) is 18.1 Å². The SMILES string of the molecule is CC1N(C)C=C(C(=O)O)N1C. The summed E-state index contributed by atoms with van der Waals surface area (Å²) in [4.78, 5) is 14.2. The van der Waals surface area contributed by atoms with Crippen molar-refractivity contribution < 1.29 is 9.90 Å². The normalized spacial score (nSPS) is 23.9. The lowest BCUT2D eigenvalue weighted by atomic mass is 10.4. The number of carboxylic acid groups (broad SMARTS) is 1. The van der Waals surface area contributed by atoms with Crippen LogP contribution in [0.15, 0.2) is 11.9 Å². The Morgan fingerprint density at radius 1 is 1.64 bits per heavy atom. The van der Waals surface area contributed by atoms with Crippen LogP contribution in [-0.2, 0) is 4.79 Å². The molecule has 1 N–H and O–H groups in total. The van der Waals surface area contributed by atoms with Crippen LogP contribution < -0.4 is 0 Å². The van der Waals surface area contributed by atoms with Crippen molar-refractivity contribution in [3.05, 3.63) is 11.9 Å². The minimum absolute atomic E-state index is 0.140. The number of hydrogen-bond acceptors (Lipinski definition) is 3. The Hall–Kier alpha value is -1.19. The first kappa shape index (κ1) is 7.91. The lowest BCUT2D eigenvalue weighted by Crippen LogP contribution is -2.33. The lowest BCUT2D eigenvalue weighted by molar-refractivity contribution is -0.134. The first-order valence-corrected chi connectivity index (χ1v) is 3.44. The Kier molecular flexibility index (Phi) is 1.76. The molecule has 0 amide bonds. The van der Waals surface area contributed by atoms with Gasteiger partial charge in [0.05, 0.1) is 6.17 Å². The molecule has 0 saturated carbocycles. The molecule has 0 aliphatic carbocycles. The van der Waals surface area contributed by atoms with Crippen molar-refractivity contribution in [2.24, 2.45) is 0 Å². The van der Waals surface area contributed by atoms with Crippen LogP contribution in [0, 0.1) is 0 Å². The Morgan fingerprint density at radius 2 is 2.18 bits per heavy atom. The molecule has 4 nitrogen and oxygen atoms in total. The third-order valence-corrected chi connectivity index (χ3v) is 2.07. The van der Waals surface area contributed by atoms with Gasteiger partial charge >= 0.3 is 5.97 Å². The maximum absolute atomic E-state index is 10.6. The molecule has 0 saturated heterocycles. The van der Waals surface area contributed by atoms with Gasteiger partial charge < -0.3 is 14.9 Å². The van der Waals surface area contributed by atoms with Crippen molar-refractivity contribution >= 4 is 5.97 Å². The average molecular weight is 156 g/mol. The van der Waals surface area contributed by atoms with E-state index < -0.39 is 5.97 Å². The molecule has 0 aromatic rings. The second kappa shape index (κ2) is 2.45. The van der Waals surface area contributed by atoms with E-state index in [4.69, 9.17) is 5.11 Å². The molecule has 0 bridgehead atoms. The first-order chi connectivity index (χ1) is 5.04. The minimum Gasteiger partial charge on any atom is -0.477 e. The highest BCUT2D eigenvalue weighted by molar-refractivity contribution is 5.86. The summed E-state index contributed by atoms with van der Waals surface area (Å²) >= 11 is 0. The van der Waals surface area contributed by atoms with E-state index in [2.05, 4.69) is 0 Å². The number of rotatable bonds is 1. The second-order valence-electron chi connectivity index (χ2n) is 2.73. The fourth-order valence-corrected chi connectivity index (χ4v) is 1.07. The molecule has 0 fully saturated rings. The van der Waals surface area contributed by atoms with Gasteiger partial charge in [0, 0.05) is 20.3 Å². The molecular formula is C7H12N2O2. The Balaban J connectivity index is 2.83.